The van der Waals surface area contributed by atoms with Crippen molar-refractivity contribution in [2.75, 3.05) is 5.32 Å². The van der Waals surface area contributed by atoms with Crippen LogP contribution in [0.1, 0.15) is 16.7 Å². The Hall–Kier alpha value is -5.04. The smallest absolute Gasteiger partial charge is 0.247 e. The van der Waals surface area contributed by atoms with E-state index in [1.54, 1.807) is 24.4 Å². The van der Waals surface area contributed by atoms with Gasteiger partial charge in [-0.25, -0.2) is 17.7 Å². The van der Waals surface area contributed by atoms with E-state index in [9.17, 15) is 23.2 Å². The van der Waals surface area contributed by atoms with Crippen molar-refractivity contribution in [3.63, 3.8) is 0 Å². The number of hydrogen-bond donors (Lipinski definition) is 1. The molecule has 37 heavy (non-hydrogen) atoms. The second-order valence-electron chi connectivity index (χ2n) is 8.25. The van der Waals surface area contributed by atoms with Crippen molar-refractivity contribution in [3.05, 3.63) is 107 Å². The van der Waals surface area contributed by atoms with Gasteiger partial charge in [-0.15, -0.1) is 5.10 Å². The molecule has 10 heteroatoms. The first-order chi connectivity index (χ1) is 17.9. The van der Waals surface area contributed by atoms with E-state index in [2.05, 4.69) is 20.4 Å². The SMILES string of the molecule is N#Cc1c(F)cccc1Nc1nc2cnc(-c3ccc(CC(=O)Cc4ccc(F)c(F)c4)cc3)cn2n1. The average Bonchev–Trinajstić information content (AvgIpc) is 3.28. The molecule has 0 radical (unpaired) electrons. The predicted octanol–water partition coefficient (Wildman–Crippen LogP) is 5.18. The number of nitriles is 1. The lowest BCUT2D eigenvalue weighted by Crippen LogP contribution is -2.07. The molecule has 5 aromatic rings. The van der Waals surface area contributed by atoms with E-state index in [-0.39, 0.29) is 35.8 Å². The molecule has 0 aliphatic rings. The third-order valence-corrected chi connectivity index (χ3v) is 5.63. The molecule has 0 amide bonds. The molecular weight excluding hydrogens is 481 g/mol. The molecule has 0 atom stereocenters. The number of rotatable bonds is 7. The Morgan fingerprint density at radius 2 is 1.70 bits per heavy atom. The first-order valence-electron chi connectivity index (χ1n) is 11.1. The van der Waals surface area contributed by atoms with Gasteiger partial charge in [0, 0.05) is 18.4 Å². The van der Waals surface area contributed by atoms with Crippen LogP contribution in [0.4, 0.5) is 24.8 Å². The minimum absolute atomic E-state index is 0.00528. The molecule has 0 unspecified atom stereocenters. The maximum Gasteiger partial charge on any atom is 0.247 e. The van der Waals surface area contributed by atoms with E-state index in [1.165, 1.54) is 28.9 Å². The molecule has 182 valence electrons. The molecular formula is C27H17F3N6O. The molecule has 0 saturated carbocycles. The van der Waals surface area contributed by atoms with Gasteiger partial charge in [0.2, 0.25) is 5.95 Å². The topological polar surface area (TPSA) is 96.0 Å². The van der Waals surface area contributed by atoms with Crippen LogP contribution in [0.5, 0.6) is 0 Å². The summed E-state index contributed by atoms with van der Waals surface area (Å²) >= 11 is 0. The van der Waals surface area contributed by atoms with Gasteiger partial charge in [-0.05, 0) is 35.4 Å². The summed E-state index contributed by atoms with van der Waals surface area (Å²) in [5.41, 5.74) is 3.13. The van der Waals surface area contributed by atoms with Crippen molar-refractivity contribution in [1.82, 2.24) is 19.6 Å². The molecule has 0 fully saturated rings. The summed E-state index contributed by atoms with van der Waals surface area (Å²) in [6.07, 6.45) is 3.36. The zero-order valence-corrected chi connectivity index (χ0v) is 19.1. The lowest BCUT2D eigenvalue weighted by atomic mass is 10.0. The number of ketones is 1. The Kier molecular flexibility index (Phi) is 6.34. The van der Waals surface area contributed by atoms with Gasteiger partial charge in [-0.3, -0.25) is 9.78 Å². The molecule has 0 aliphatic heterocycles. The summed E-state index contributed by atoms with van der Waals surface area (Å²) in [6.45, 7) is 0. The number of anilines is 2. The summed E-state index contributed by atoms with van der Waals surface area (Å²) in [5.74, 6) is -2.52. The highest BCUT2D eigenvalue weighted by molar-refractivity contribution is 5.83. The van der Waals surface area contributed by atoms with Crippen LogP contribution in [0.3, 0.4) is 0 Å². The van der Waals surface area contributed by atoms with E-state index in [0.29, 0.717) is 16.9 Å². The standard InChI is InChI=1S/C27H17F3N6O/c28-21-2-1-3-24(20(21)13-31)33-27-34-26-14-32-25(15-36(26)35-27)18-7-4-16(5-8-18)10-19(37)11-17-6-9-22(29)23(30)12-17/h1-9,12,14-15H,10-11H2,(H,33,35). The number of hydrogen-bond acceptors (Lipinski definition) is 6. The molecule has 3 aromatic carbocycles. The first kappa shape index (κ1) is 23.7. The fraction of sp³-hybridized carbons (Fsp3) is 0.0741. The van der Waals surface area contributed by atoms with Crippen molar-refractivity contribution in [3.8, 4) is 17.3 Å². The Labute approximate surface area is 208 Å². The summed E-state index contributed by atoms with van der Waals surface area (Å²) in [7, 11) is 0. The second kappa shape index (κ2) is 9.91. The van der Waals surface area contributed by atoms with Crippen molar-refractivity contribution >= 4 is 23.1 Å². The molecule has 0 spiro atoms. The van der Waals surface area contributed by atoms with Gasteiger partial charge in [-0.2, -0.15) is 10.2 Å². The van der Waals surface area contributed by atoms with Crippen LogP contribution in [-0.4, -0.2) is 25.4 Å². The third-order valence-electron chi connectivity index (χ3n) is 5.63. The summed E-state index contributed by atoms with van der Waals surface area (Å²) in [6, 6.07) is 16.7. The fourth-order valence-electron chi connectivity index (χ4n) is 3.82. The van der Waals surface area contributed by atoms with Crippen molar-refractivity contribution in [2.24, 2.45) is 0 Å². The van der Waals surface area contributed by atoms with Gasteiger partial charge >= 0.3 is 0 Å². The highest BCUT2D eigenvalue weighted by Gasteiger charge is 2.12. The molecule has 5 rings (SSSR count). The van der Waals surface area contributed by atoms with Crippen LogP contribution in [0.25, 0.3) is 16.9 Å². The normalized spacial score (nSPS) is 10.9. The molecule has 7 nitrogen and oxygen atoms in total. The van der Waals surface area contributed by atoms with E-state index in [0.717, 1.165) is 23.3 Å². The van der Waals surface area contributed by atoms with Crippen molar-refractivity contribution in [2.45, 2.75) is 12.8 Å². The molecule has 0 aliphatic carbocycles. The predicted molar refractivity (Wildman–Crippen MR) is 129 cm³/mol. The summed E-state index contributed by atoms with van der Waals surface area (Å²) in [4.78, 5) is 21.1. The van der Waals surface area contributed by atoms with Gasteiger partial charge in [0.15, 0.2) is 17.3 Å². The van der Waals surface area contributed by atoms with Crippen LogP contribution < -0.4 is 5.32 Å². The van der Waals surface area contributed by atoms with E-state index in [1.807, 2.05) is 18.2 Å². The number of carbonyl (C=O) groups is 1. The lowest BCUT2D eigenvalue weighted by Gasteiger charge is -2.05. The first-order valence-corrected chi connectivity index (χ1v) is 11.1. The van der Waals surface area contributed by atoms with E-state index in [4.69, 9.17) is 0 Å². The van der Waals surface area contributed by atoms with Crippen LogP contribution in [0.15, 0.2) is 73.1 Å². The van der Waals surface area contributed by atoms with Gasteiger partial charge in [0.25, 0.3) is 0 Å². The van der Waals surface area contributed by atoms with Gasteiger partial charge in [0.05, 0.1) is 23.8 Å². The average molecular weight is 498 g/mol. The maximum absolute atomic E-state index is 13.9. The second-order valence-corrected chi connectivity index (χ2v) is 8.25. The Bertz CT molecular complexity index is 1670. The number of Topliss-reactive ketones (excluding diaryl/α,β-unsaturated/α-hetero) is 1. The van der Waals surface area contributed by atoms with Crippen LogP contribution in [0.2, 0.25) is 0 Å². The number of nitrogens with one attached hydrogen (secondary N) is 1. The number of halogens is 3. The lowest BCUT2D eigenvalue weighted by molar-refractivity contribution is -0.117. The van der Waals surface area contributed by atoms with Gasteiger partial charge in [0.1, 0.15) is 23.2 Å². The fourth-order valence-corrected chi connectivity index (χ4v) is 3.82. The van der Waals surface area contributed by atoms with E-state index < -0.39 is 17.5 Å². The number of benzene rings is 3. The van der Waals surface area contributed by atoms with Crippen LogP contribution in [0, 0.1) is 28.8 Å². The highest BCUT2D eigenvalue weighted by Crippen LogP contribution is 2.23. The van der Waals surface area contributed by atoms with Gasteiger partial charge in [-0.1, -0.05) is 36.4 Å². The number of nitrogens with zero attached hydrogens (tertiary/aromatic N) is 5. The number of aromatic nitrogens is 4. The molecule has 0 bridgehead atoms. The Morgan fingerprint density at radius 3 is 2.46 bits per heavy atom. The molecule has 0 saturated heterocycles. The molecule has 2 aromatic heterocycles. The van der Waals surface area contributed by atoms with Crippen molar-refractivity contribution < 1.29 is 18.0 Å². The third kappa shape index (κ3) is 5.16. The summed E-state index contributed by atoms with van der Waals surface area (Å²) in [5, 5.41) is 16.4. The quantitative estimate of drug-likeness (QED) is 0.332. The Morgan fingerprint density at radius 1 is 0.946 bits per heavy atom. The minimum atomic E-state index is -0.977. The van der Waals surface area contributed by atoms with Gasteiger partial charge < -0.3 is 5.32 Å². The summed E-state index contributed by atoms with van der Waals surface area (Å²) < 4.78 is 41.8. The molecule has 1 N–H and O–H groups in total. The largest absolute Gasteiger partial charge is 0.322 e. The maximum atomic E-state index is 13.9. The zero-order valence-electron chi connectivity index (χ0n) is 19.1. The highest BCUT2D eigenvalue weighted by atomic mass is 19.2. The zero-order chi connectivity index (χ0) is 25.9. The van der Waals surface area contributed by atoms with Crippen molar-refractivity contribution in [1.29, 1.82) is 5.26 Å². The molecule has 2 heterocycles. The minimum Gasteiger partial charge on any atom is -0.322 e. The number of carbonyl (C=O) groups excluding carboxylic acids is 1. The van der Waals surface area contributed by atoms with Crippen LogP contribution >= 0.6 is 0 Å². The monoisotopic (exact) mass is 498 g/mol. The van der Waals surface area contributed by atoms with Crippen LogP contribution in [-0.2, 0) is 17.6 Å². The Balaban J connectivity index is 1.29. The van der Waals surface area contributed by atoms with E-state index >= 15 is 0 Å². The number of fused-ring (bicyclic) bond motifs is 1.